The van der Waals surface area contributed by atoms with Gasteiger partial charge < -0.3 is 24.4 Å². The summed E-state index contributed by atoms with van der Waals surface area (Å²) in [6.45, 7) is -0.460. The Balaban J connectivity index is 1.68. The van der Waals surface area contributed by atoms with E-state index in [-0.39, 0.29) is 12.2 Å². The summed E-state index contributed by atoms with van der Waals surface area (Å²) in [6.07, 6.45) is 0.488. The molecule has 0 saturated carbocycles. The summed E-state index contributed by atoms with van der Waals surface area (Å²) in [6, 6.07) is 7.22. The number of furan rings is 1. The Labute approximate surface area is 152 Å². The van der Waals surface area contributed by atoms with E-state index < -0.39 is 37.1 Å². The van der Waals surface area contributed by atoms with Gasteiger partial charge in [0.05, 0.1) is 12.0 Å². The van der Waals surface area contributed by atoms with Gasteiger partial charge in [-0.1, -0.05) is 30.0 Å². The maximum absolute atomic E-state index is 12.1. The second-order valence-corrected chi connectivity index (χ2v) is 6.44. The lowest BCUT2D eigenvalue weighted by Crippen LogP contribution is -2.47. The maximum Gasteiger partial charge on any atom is 0.635 e. The van der Waals surface area contributed by atoms with Gasteiger partial charge in [-0.3, -0.25) is 19.3 Å². The number of carbonyl (C=O) groups excluding carboxylic acids is 3. The van der Waals surface area contributed by atoms with Crippen LogP contribution < -0.4 is 5.32 Å². The van der Waals surface area contributed by atoms with Crippen molar-refractivity contribution in [3.63, 3.8) is 0 Å². The van der Waals surface area contributed by atoms with Gasteiger partial charge in [0, 0.05) is 17.4 Å². The molecule has 0 aliphatic carbocycles. The molecule has 11 heteroatoms. The Morgan fingerprint density at radius 2 is 2.15 bits per heavy atom. The first kappa shape index (κ1) is 18.5. The van der Waals surface area contributed by atoms with Gasteiger partial charge in [-0.15, -0.1) is 0 Å². The predicted molar refractivity (Wildman–Crippen MR) is 92.7 cm³/mol. The lowest BCUT2D eigenvalue weighted by atomic mass is 10.1. The molecule has 1 aromatic heterocycles. The van der Waals surface area contributed by atoms with Crippen LogP contribution in [0.4, 0.5) is 4.79 Å². The summed E-state index contributed by atoms with van der Waals surface area (Å²) in [5.41, 5.74) is 1.33. The lowest BCUT2D eigenvalue weighted by molar-refractivity contribution is -0.131. The van der Waals surface area contributed by atoms with E-state index in [4.69, 9.17) is 19.1 Å². The smallest absolute Gasteiger partial charge is 0.464 e. The van der Waals surface area contributed by atoms with Gasteiger partial charge in [0.15, 0.2) is 0 Å². The normalized spacial score (nSPS) is 15.5. The molecule has 26 heavy (non-hydrogen) atoms. The highest BCUT2D eigenvalue weighted by Crippen LogP contribution is 2.22. The summed E-state index contributed by atoms with van der Waals surface area (Å²) in [5.74, 6) is -1.11. The molecular formula is C15H15BN2O7S. The highest BCUT2D eigenvalue weighted by Gasteiger charge is 2.32. The van der Waals surface area contributed by atoms with E-state index in [9.17, 15) is 14.4 Å². The van der Waals surface area contributed by atoms with Crippen LogP contribution in [0.15, 0.2) is 34.9 Å². The zero-order valence-electron chi connectivity index (χ0n) is 13.5. The maximum atomic E-state index is 12.1. The van der Waals surface area contributed by atoms with Crippen LogP contribution in [0.5, 0.6) is 0 Å². The Morgan fingerprint density at radius 3 is 2.85 bits per heavy atom. The molecule has 1 saturated heterocycles. The number of nitrogens with zero attached hydrogens (tertiary/aromatic N) is 1. The van der Waals surface area contributed by atoms with E-state index in [0.29, 0.717) is 11.1 Å². The van der Waals surface area contributed by atoms with Crippen molar-refractivity contribution in [3.05, 3.63) is 36.1 Å². The lowest BCUT2D eigenvalue weighted by Gasteiger charge is -2.20. The van der Waals surface area contributed by atoms with Crippen LogP contribution in [0.1, 0.15) is 5.56 Å². The second kappa shape index (κ2) is 7.91. The summed E-state index contributed by atoms with van der Waals surface area (Å²) < 4.78 is 10.3. The Bertz CT molecular complexity index is 824. The number of fused-ring (bicyclic) bond motifs is 1. The van der Waals surface area contributed by atoms with E-state index in [2.05, 4.69) is 5.32 Å². The molecule has 0 bridgehead atoms. The van der Waals surface area contributed by atoms with E-state index in [0.717, 1.165) is 22.0 Å². The van der Waals surface area contributed by atoms with Gasteiger partial charge >= 0.3 is 7.32 Å². The molecule has 0 unspecified atom stereocenters. The minimum absolute atomic E-state index is 0.00239. The van der Waals surface area contributed by atoms with Gasteiger partial charge in [-0.05, 0) is 6.07 Å². The molecule has 0 radical (unpaired) electrons. The molecule has 136 valence electrons. The van der Waals surface area contributed by atoms with Gasteiger partial charge in [0.25, 0.3) is 5.24 Å². The number of para-hydroxylation sites is 1. The number of rotatable bonds is 7. The molecule has 1 aliphatic rings. The van der Waals surface area contributed by atoms with Crippen molar-refractivity contribution in [2.45, 2.75) is 12.6 Å². The van der Waals surface area contributed by atoms with Gasteiger partial charge in [-0.25, -0.2) is 0 Å². The number of amides is 3. The first-order chi connectivity index (χ1) is 12.4. The minimum atomic E-state index is -2.11. The third-order valence-corrected chi connectivity index (χ3v) is 4.58. The van der Waals surface area contributed by atoms with Crippen LogP contribution in [0, 0.1) is 0 Å². The standard InChI is InChI=1S/C15H15BN2O7S/c19-12(6-18-14(20)8-26-15(18)21)17-13(25-16(22)23)5-9-7-24-11-4-2-1-3-10(9)11/h1-4,7,13,22-23H,5-6,8H2,(H,17,19)/t13-/m1/s1. The molecular weight excluding hydrogens is 363 g/mol. The van der Waals surface area contributed by atoms with Crippen molar-refractivity contribution in [1.29, 1.82) is 0 Å². The quantitative estimate of drug-likeness (QED) is 0.457. The highest BCUT2D eigenvalue weighted by molar-refractivity contribution is 8.14. The number of benzene rings is 1. The van der Waals surface area contributed by atoms with Crippen LogP contribution in [0.3, 0.4) is 0 Å². The summed E-state index contributed by atoms with van der Waals surface area (Å²) >= 11 is 0.824. The van der Waals surface area contributed by atoms with Crippen molar-refractivity contribution >= 4 is 47.1 Å². The zero-order valence-corrected chi connectivity index (χ0v) is 14.3. The largest absolute Gasteiger partial charge is 0.635 e. The van der Waals surface area contributed by atoms with Crippen LogP contribution in [0.25, 0.3) is 11.0 Å². The van der Waals surface area contributed by atoms with E-state index in [1.165, 1.54) is 6.26 Å². The number of thioether (sulfide) groups is 1. The zero-order chi connectivity index (χ0) is 18.7. The molecule has 3 N–H and O–H groups in total. The average Bonchev–Trinajstić information content (AvgIpc) is 3.13. The Morgan fingerprint density at radius 1 is 1.38 bits per heavy atom. The first-order valence-corrected chi connectivity index (χ1v) is 8.66. The highest BCUT2D eigenvalue weighted by atomic mass is 32.2. The average molecular weight is 378 g/mol. The van der Waals surface area contributed by atoms with Crippen molar-refractivity contribution in [3.8, 4) is 0 Å². The third kappa shape index (κ3) is 4.25. The van der Waals surface area contributed by atoms with Crippen LogP contribution in [-0.4, -0.2) is 57.8 Å². The van der Waals surface area contributed by atoms with Crippen molar-refractivity contribution in [2.24, 2.45) is 0 Å². The van der Waals surface area contributed by atoms with Crippen molar-refractivity contribution in [2.75, 3.05) is 12.3 Å². The van der Waals surface area contributed by atoms with E-state index in [1.807, 2.05) is 18.2 Å². The van der Waals surface area contributed by atoms with Crippen molar-refractivity contribution < 1.29 is 33.5 Å². The fourth-order valence-electron chi connectivity index (χ4n) is 2.57. The fourth-order valence-corrected chi connectivity index (χ4v) is 3.30. The van der Waals surface area contributed by atoms with Crippen LogP contribution >= 0.6 is 11.8 Å². The monoisotopic (exact) mass is 378 g/mol. The molecule has 3 amide bonds. The molecule has 9 nitrogen and oxygen atoms in total. The second-order valence-electron chi connectivity index (χ2n) is 5.51. The predicted octanol–water partition coefficient (Wildman–Crippen LogP) is 0.0991. The summed E-state index contributed by atoms with van der Waals surface area (Å²) in [7, 11) is -2.11. The topological polar surface area (TPSA) is 129 Å². The molecule has 2 aromatic rings. The number of hydrogen-bond donors (Lipinski definition) is 3. The molecule has 1 atom stereocenters. The molecule has 3 rings (SSSR count). The van der Waals surface area contributed by atoms with Crippen LogP contribution in [0.2, 0.25) is 0 Å². The molecule has 1 aliphatic heterocycles. The third-order valence-electron chi connectivity index (χ3n) is 3.72. The first-order valence-electron chi connectivity index (χ1n) is 7.67. The Hall–Kier alpha value is -2.34. The van der Waals surface area contributed by atoms with Gasteiger partial charge in [-0.2, -0.15) is 0 Å². The minimum Gasteiger partial charge on any atom is -0.464 e. The fraction of sp³-hybridized carbons (Fsp3) is 0.267. The number of imide groups is 1. The molecule has 2 heterocycles. The van der Waals surface area contributed by atoms with Crippen LogP contribution in [-0.2, 0) is 20.7 Å². The summed E-state index contributed by atoms with van der Waals surface area (Å²) in [4.78, 5) is 36.1. The molecule has 1 aromatic carbocycles. The SMILES string of the molecule is O=C(CN1C(=O)CSC1=O)N[C@@H](Cc1coc2ccccc12)OB(O)O. The van der Waals surface area contributed by atoms with Crippen molar-refractivity contribution in [1.82, 2.24) is 10.2 Å². The number of hydrogen-bond acceptors (Lipinski definition) is 8. The van der Waals surface area contributed by atoms with E-state index in [1.54, 1.807) is 6.07 Å². The molecule has 1 fully saturated rings. The van der Waals surface area contributed by atoms with Gasteiger partial charge in [0.2, 0.25) is 11.8 Å². The van der Waals surface area contributed by atoms with Gasteiger partial charge in [0.1, 0.15) is 18.4 Å². The van der Waals surface area contributed by atoms with E-state index >= 15 is 0 Å². The Kier molecular flexibility index (Phi) is 5.62. The summed E-state index contributed by atoms with van der Waals surface area (Å²) in [5, 5.41) is 20.9. The number of nitrogens with one attached hydrogen (secondary N) is 1. The molecule has 0 spiro atoms. The number of carbonyl (C=O) groups is 3.